The van der Waals surface area contributed by atoms with Crippen molar-refractivity contribution in [1.29, 1.82) is 0 Å². The average molecular weight is 197 g/mol. The van der Waals surface area contributed by atoms with Crippen LogP contribution in [0.5, 0.6) is 0 Å². The molecule has 6 heteroatoms. The van der Waals surface area contributed by atoms with Crippen LogP contribution in [0.4, 0.5) is 0 Å². The monoisotopic (exact) mass is 197 g/mol. The number of rotatable bonds is 4. The van der Waals surface area contributed by atoms with Gasteiger partial charge in [-0.15, -0.1) is 0 Å². The van der Waals surface area contributed by atoms with Crippen molar-refractivity contribution in [1.82, 2.24) is 5.48 Å². The molecule has 0 radical (unpaired) electrons. The normalized spacial score (nSPS) is 13.3. The molecule has 0 rings (SSSR count). The van der Waals surface area contributed by atoms with Gasteiger partial charge in [0.15, 0.2) is 0 Å². The summed E-state index contributed by atoms with van der Waals surface area (Å²) in [6.07, 6.45) is 0. The minimum absolute atomic E-state index is 0.396. The molecule has 0 saturated carbocycles. The molecule has 0 aromatic rings. The Balaban J connectivity index is 4.06. The van der Waals surface area contributed by atoms with E-state index < -0.39 is 16.0 Å². The van der Waals surface area contributed by atoms with Crippen LogP contribution in [0.1, 0.15) is 27.7 Å². The first-order valence-electron chi connectivity index (χ1n) is 3.64. The summed E-state index contributed by atoms with van der Waals surface area (Å²) < 4.78 is 30.7. The second-order valence-electron chi connectivity index (χ2n) is 3.19. The van der Waals surface area contributed by atoms with Crippen LogP contribution in [0, 0.1) is 0 Å². The lowest BCUT2D eigenvalue weighted by Crippen LogP contribution is -2.29. The van der Waals surface area contributed by atoms with Crippen LogP contribution in [0.25, 0.3) is 0 Å². The quantitative estimate of drug-likeness (QED) is 0.668. The van der Waals surface area contributed by atoms with Gasteiger partial charge in [-0.1, -0.05) is 6.92 Å². The van der Waals surface area contributed by atoms with E-state index in [-0.39, 0.29) is 0 Å². The van der Waals surface area contributed by atoms with Gasteiger partial charge in [0.2, 0.25) is 0 Å². The van der Waals surface area contributed by atoms with E-state index >= 15 is 0 Å². The van der Waals surface area contributed by atoms with Crippen LogP contribution in [-0.2, 0) is 18.9 Å². The maximum Gasteiger partial charge on any atom is 0.416 e. The Morgan fingerprint density at radius 2 is 1.83 bits per heavy atom. The Morgan fingerprint density at radius 1 is 1.33 bits per heavy atom. The van der Waals surface area contributed by atoms with E-state index in [4.69, 9.17) is 0 Å². The Morgan fingerprint density at radius 3 is 2.17 bits per heavy atom. The highest BCUT2D eigenvalue weighted by Gasteiger charge is 2.22. The molecule has 1 N–H and O–H groups in total. The molecule has 0 amide bonds. The molecule has 0 spiro atoms. The molecule has 12 heavy (non-hydrogen) atoms. The largest absolute Gasteiger partial charge is 0.416 e. The van der Waals surface area contributed by atoms with Crippen LogP contribution in [0.15, 0.2) is 0 Å². The number of hydrogen-bond donors (Lipinski definition) is 1. The van der Waals surface area contributed by atoms with Crippen molar-refractivity contribution in [3.63, 3.8) is 0 Å². The summed E-state index contributed by atoms with van der Waals surface area (Å²) >= 11 is 0. The van der Waals surface area contributed by atoms with Gasteiger partial charge in [-0.05, 0) is 20.8 Å². The molecule has 0 saturated heterocycles. The highest BCUT2D eigenvalue weighted by atomic mass is 32.3. The van der Waals surface area contributed by atoms with Crippen molar-refractivity contribution >= 4 is 10.4 Å². The van der Waals surface area contributed by atoms with Gasteiger partial charge in [0, 0.05) is 6.54 Å². The molecule has 0 aromatic heterocycles. The lowest BCUT2D eigenvalue weighted by atomic mass is 10.2. The first-order valence-corrected chi connectivity index (χ1v) is 4.97. The molecule has 0 aromatic carbocycles. The van der Waals surface area contributed by atoms with Crippen molar-refractivity contribution in [3.8, 4) is 0 Å². The highest BCUT2D eigenvalue weighted by molar-refractivity contribution is 7.81. The minimum atomic E-state index is -3.91. The summed E-state index contributed by atoms with van der Waals surface area (Å²) in [5.74, 6) is 0. The van der Waals surface area contributed by atoms with E-state index in [0.29, 0.717) is 6.54 Å². The number of hydroxylamine groups is 1. The highest BCUT2D eigenvalue weighted by Crippen LogP contribution is 2.11. The fourth-order valence-corrected chi connectivity index (χ4v) is 1.36. The summed E-state index contributed by atoms with van der Waals surface area (Å²) in [4.78, 5) is 0. The molecule has 0 aliphatic rings. The zero-order chi connectivity index (χ0) is 9.83. The number of nitrogens with one attached hydrogen (secondary N) is 1. The first kappa shape index (κ1) is 11.8. The molecule has 0 bridgehead atoms. The zero-order valence-corrected chi connectivity index (χ0v) is 8.56. The average Bonchev–Trinajstić information content (AvgIpc) is 1.78. The van der Waals surface area contributed by atoms with Crippen molar-refractivity contribution in [2.24, 2.45) is 0 Å². The third-order valence-electron chi connectivity index (χ3n) is 0.657. The van der Waals surface area contributed by atoms with Gasteiger partial charge in [0.25, 0.3) is 0 Å². The summed E-state index contributed by atoms with van der Waals surface area (Å²) in [7, 11) is -3.91. The molecular weight excluding hydrogens is 182 g/mol. The second-order valence-corrected chi connectivity index (χ2v) is 4.34. The van der Waals surface area contributed by atoms with E-state index in [1.807, 2.05) is 0 Å². The first-order chi connectivity index (χ1) is 5.27. The van der Waals surface area contributed by atoms with Crippen molar-refractivity contribution in [2.45, 2.75) is 33.3 Å². The van der Waals surface area contributed by atoms with E-state index in [1.165, 1.54) is 0 Å². The molecule has 0 aliphatic carbocycles. The SMILES string of the molecule is CCNOS(=O)(=O)OC(C)(C)C. The lowest BCUT2D eigenvalue weighted by molar-refractivity contribution is 0.0814. The second kappa shape index (κ2) is 4.18. The van der Waals surface area contributed by atoms with Gasteiger partial charge < -0.3 is 0 Å². The number of hydrogen-bond acceptors (Lipinski definition) is 5. The standard InChI is InChI=1S/C6H15NO4S/c1-5-7-11-12(8,9)10-6(2,3)4/h7H,5H2,1-4H3. The summed E-state index contributed by atoms with van der Waals surface area (Å²) in [6, 6.07) is 0. The maximum absolute atomic E-state index is 10.9. The van der Waals surface area contributed by atoms with Gasteiger partial charge in [0.1, 0.15) is 0 Å². The fourth-order valence-electron chi connectivity index (χ4n) is 0.454. The topological polar surface area (TPSA) is 64.6 Å². The molecule has 0 heterocycles. The van der Waals surface area contributed by atoms with Crippen molar-refractivity contribution in [2.75, 3.05) is 6.54 Å². The minimum Gasteiger partial charge on any atom is -0.241 e. The fraction of sp³-hybridized carbons (Fsp3) is 1.00. The molecule has 74 valence electrons. The van der Waals surface area contributed by atoms with Gasteiger partial charge in [-0.25, -0.2) is 4.18 Å². The molecule has 0 aliphatic heterocycles. The Labute approximate surface area is 73.3 Å². The van der Waals surface area contributed by atoms with E-state index in [0.717, 1.165) is 0 Å². The summed E-state index contributed by atoms with van der Waals surface area (Å²) in [6.45, 7) is 6.99. The van der Waals surface area contributed by atoms with Crippen LogP contribution < -0.4 is 5.48 Å². The van der Waals surface area contributed by atoms with Crippen LogP contribution in [-0.4, -0.2) is 20.6 Å². The Hall–Kier alpha value is -0.170. The van der Waals surface area contributed by atoms with Gasteiger partial charge >= 0.3 is 10.4 Å². The van der Waals surface area contributed by atoms with Gasteiger partial charge in [0.05, 0.1) is 5.60 Å². The van der Waals surface area contributed by atoms with Crippen LogP contribution in [0.2, 0.25) is 0 Å². The van der Waals surface area contributed by atoms with Gasteiger partial charge in [-0.3, -0.25) is 0 Å². The zero-order valence-electron chi connectivity index (χ0n) is 7.75. The lowest BCUT2D eigenvalue weighted by Gasteiger charge is -2.17. The van der Waals surface area contributed by atoms with E-state index in [1.54, 1.807) is 27.7 Å². The predicted octanol–water partition coefficient (Wildman–Crippen LogP) is 0.587. The van der Waals surface area contributed by atoms with Crippen molar-refractivity contribution in [3.05, 3.63) is 0 Å². The van der Waals surface area contributed by atoms with Gasteiger partial charge in [-0.2, -0.15) is 18.2 Å². The Kier molecular flexibility index (Phi) is 4.12. The molecule has 0 unspecified atom stereocenters. The van der Waals surface area contributed by atoms with E-state index in [2.05, 4.69) is 13.9 Å². The summed E-state index contributed by atoms with van der Waals surface area (Å²) in [5, 5.41) is 0. The molecule has 0 atom stereocenters. The predicted molar refractivity (Wildman–Crippen MR) is 44.5 cm³/mol. The van der Waals surface area contributed by atoms with Crippen LogP contribution >= 0.6 is 0 Å². The Bertz CT molecular complexity index is 216. The molecular formula is C6H15NO4S. The molecule has 0 fully saturated rings. The van der Waals surface area contributed by atoms with E-state index in [9.17, 15) is 8.42 Å². The van der Waals surface area contributed by atoms with Crippen LogP contribution in [0.3, 0.4) is 0 Å². The third-order valence-corrected chi connectivity index (χ3v) is 1.68. The smallest absolute Gasteiger partial charge is 0.241 e. The third kappa shape index (κ3) is 6.53. The maximum atomic E-state index is 10.9. The summed E-state index contributed by atoms with van der Waals surface area (Å²) in [5.41, 5.74) is 1.43. The molecule has 5 nitrogen and oxygen atoms in total. The van der Waals surface area contributed by atoms with Crippen molar-refractivity contribution < 1.29 is 16.9 Å².